The predicted molar refractivity (Wildman–Crippen MR) is 106 cm³/mol. The Labute approximate surface area is 164 Å². The minimum Gasteiger partial charge on any atom is -0.494 e. The Hall–Kier alpha value is -3.15. The van der Waals surface area contributed by atoms with Crippen LogP contribution in [0.15, 0.2) is 48.5 Å². The molecular weight excluding hydrogens is 356 g/mol. The summed E-state index contributed by atoms with van der Waals surface area (Å²) in [7, 11) is 0. The van der Waals surface area contributed by atoms with Crippen molar-refractivity contribution in [2.45, 2.75) is 39.2 Å². The molecule has 0 saturated carbocycles. The third-order valence-electron chi connectivity index (χ3n) is 4.73. The second-order valence-electron chi connectivity index (χ2n) is 6.77. The number of amides is 3. The van der Waals surface area contributed by atoms with Gasteiger partial charge in [0.05, 0.1) is 17.7 Å². The van der Waals surface area contributed by atoms with Crippen molar-refractivity contribution in [3.8, 4) is 5.75 Å². The van der Waals surface area contributed by atoms with Crippen LogP contribution in [0.2, 0.25) is 0 Å². The van der Waals surface area contributed by atoms with E-state index in [1.54, 1.807) is 55.5 Å². The Morgan fingerprint density at radius 2 is 1.61 bits per heavy atom. The van der Waals surface area contributed by atoms with Gasteiger partial charge in [0.15, 0.2) is 0 Å². The molecule has 2 aromatic carbocycles. The van der Waals surface area contributed by atoms with Crippen molar-refractivity contribution in [1.29, 1.82) is 0 Å². The largest absolute Gasteiger partial charge is 0.494 e. The third-order valence-corrected chi connectivity index (χ3v) is 4.73. The summed E-state index contributed by atoms with van der Waals surface area (Å²) < 4.78 is 5.65. The van der Waals surface area contributed by atoms with Gasteiger partial charge in [0.1, 0.15) is 11.8 Å². The number of unbranched alkanes of at least 4 members (excludes halogenated alkanes) is 2. The number of carbonyl (C=O) groups is 3. The first-order chi connectivity index (χ1) is 13.5. The Morgan fingerprint density at radius 1 is 1.00 bits per heavy atom. The highest BCUT2D eigenvalue weighted by Gasteiger charge is 2.40. The standard InChI is InChI=1S/C22H24N2O4/c1-3-4-7-14-28-17-12-10-16(11-13-17)23-20(25)15(2)24-21(26)18-8-5-6-9-19(18)22(24)27/h5-6,8-13,15H,3-4,7,14H2,1-2H3,(H,23,25). The highest BCUT2D eigenvalue weighted by Crippen LogP contribution is 2.25. The van der Waals surface area contributed by atoms with Crippen LogP contribution in [-0.4, -0.2) is 35.3 Å². The first kappa shape index (κ1) is 19.6. The van der Waals surface area contributed by atoms with Crippen molar-refractivity contribution < 1.29 is 19.1 Å². The molecule has 0 aliphatic carbocycles. The van der Waals surface area contributed by atoms with E-state index in [0.717, 1.165) is 29.9 Å². The number of anilines is 1. The van der Waals surface area contributed by atoms with Gasteiger partial charge in [-0.05, 0) is 49.7 Å². The molecule has 1 unspecified atom stereocenters. The van der Waals surface area contributed by atoms with Crippen molar-refractivity contribution >= 4 is 23.4 Å². The van der Waals surface area contributed by atoms with Crippen molar-refractivity contribution in [3.63, 3.8) is 0 Å². The molecule has 1 N–H and O–H groups in total. The number of fused-ring (bicyclic) bond motifs is 1. The van der Waals surface area contributed by atoms with Gasteiger partial charge < -0.3 is 10.1 Å². The summed E-state index contributed by atoms with van der Waals surface area (Å²) in [5.41, 5.74) is 1.24. The van der Waals surface area contributed by atoms with E-state index < -0.39 is 23.8 Å². The van der Waals surface area contributed by atoms with Crippen molar-refractivity contribution in [2.24, 2.45) is 0 Å². The van der Waals surface area contributed by atoms with E-state index in [-0.39, 0.29) is 0 Å². The van der Waals surface area contributed by atoms with Crippen LogP contribution in [0.1, 0.15) is 53.8 Å². The molecule has 28 heavy (non-hydrogen) atoms. The van der Waals surface area contributed by atoms with Gasteiger partial charge in [-0.15, -0.1) is 0 Å². The van der Waals surface area contributed by atoms with E-state index in [1.165, 1.54) is 0 Å². The van der Waals surface area contributed by atoms with E-state index in [4.69, 9.17) is 4.74 Å². The lowest BCUT2D eigenvalue weighted by molar-refractivity contribution is -0.119. The Balaban J connectivity index is 1.60. The van der Waals surface area contributed by atoms with Gasteiger partial charge >= 0.3 is 0 Å². The number of nitrogens with one attached hydrogen (secondary N) is 1. The summed E-state index contributed by atoms with van der Waals surface area (Å²) >= 11 is 0. The molecule has 1 atom stereocenters. The summed E-state index contributed by atoms with van der Waals surface area (Å²) in [6.07, 6.45) is 3.27. The molecule has 1 heterocycles. The number of carbonyl (C=O) groups excluding carboxylic acids is 3. The summed E-state index contributed by atoms with van der Waals surface area (Å²) in [5, 5.41) is 2.75. The molecule has 3 rings (SSSR count). The van der Waals surface area contributed by atoms with Gasteiger partial charge in [0, 0.05) is 5.69 Å². The number of hydrogen-bond donors (Lipinski definition) is 1. The van der Waals surface area contributed by atoms with Crippen LogP contribution in [0.25, 0.3) is 0 Å². The predicted octanol–water partition coefficient (Wildman–Crippen LogP) is 3.88. The zero-order chi connectivity index (χ0) is 20.1. The van der Waals surface area contributed by atoms with E-state index >= 15 is 0 Å². The molecule has 6 heteroatoms. The van der Waals surface area contributed by atoms with Crippen LogP contribution in [-0.2, 0) is 4.79 Å². The molecule has 146 valence electrons. The Kier molecular flexibility index (Phi) is 6.09. The third kappa shape index (κ3) is 4.06. The first-order valence-corrected chi connectivity index (χ1v) is 9.53. The smallest absolute Gasteiger partial charge is 0.262 e. The highest BCUT2D eigenvalue weighted by atomic mass is 16.5. The van der Waals surface area contributed by atoms with Crippen LogP contribution < -0.4 is 10.1 Å². The van der Waals surface area contributed by atoms with Gasteiger partial charge in [-0.2, -0.15) is 0 Å². The topological polar surface area (TPSA) is 75.7 Å². The molecule has 0 spiro atoms. The zero-order valence-electron chi connectivity index (χ0n) is 16.1. The number of hydrogen-bond acceptors (Lipinski definition) is 4. The molecule has 2 aromatic rings. The molecule has 1 aliphatic heterocycles. The number of imide groups is 1. The van der Waals surface area contributed by atoms with Crippen molar-refractivity contribution in [3.05, 3.63) is 59.7 Å². The summed E-state index contributed by atoms with van der Waals surface area (Å²) in [6.45, 7) is 4.35. The fourth-order valence-electron chi connectivity index (χ4n) is 3.10. The van der Waals surface area contributed by atoms with Crippen LogP contribution >= 0.6 is 0 Å². The van der Waals surface area contributed by atoms with Crippen LogP contribution in [0.5, 0.6) is 5.75 Å². The molecule has 0 radical (unpaired) electrons. The number of benzene rings is 2. The Morgan fingerprint density at radius 3 is 2.18 bits per heavy atom. The second kappa shape index (κ2) is 8.69. The molecule has 0 saturated heterocycles. The van der Waals surface area contributed by atoms with Gasteiger partial charge in [0.2, 0.25) is 5.91 Å². The SMILES string of the molecule is CCCCCOc1ccc(NC(=O)C(C)N2C(=O)c3ccccc3C2=O)cc1. The summed E-state index contributed by atoms with van der Waals surface area (Å²) in [4.78, 5) is 38.6. The molecule has 0 bridgehead atoms. The van der Waals surface area contributed by atoms with Crippen LogP contribution in [0.4, 0.5) is 5.69 Å². The summed E-state index contributed by atoms with van der Waals surface area (Å²) in [6, 6.07) is 12.7. The number of nitrogens with zero attached hydrogens (tertiary/aromatic N) is 1. The maximum Gasteiger partial charge on any atom is 0.262 e. The number of ether oxygens (including phenoxy) is 1. The minimum absolute atomic E-state index is 0.330. The van der Waals surface area contributed by atoms with Gasteiger partial charge in [0.25, 0.3) is 11.8 Å². The van der Waals surface area contributed by atoms with Gasteiger partial charge in [-0.25, -0.2) is 0 Å². The van der Waals surface area contributed by atoms with Gasteiger partial charge in [-0.1, -0.05) is 31.9 Å². The Bertz CT molecular complexity index is 841. The molecular formula is C22H24N2O4. The lowest BCUT2D eigenvalue weighted by Gasteiger charge is -2.21. The normalized spacial score (nSPS) is 14.0. The van der Waals surface area contributed by atoms with Crippen molar-refractivity contribution in [1.82, 2.24) is 4.90 Å². The maximum absolute atomic E-state index is 12.6. The molecule has 3 amide bonds. The highest BCUT2D eigenvalue weighted by molar-refractivity contribution is 6.23. The number of rotatable bonds is 8. The first-order valence-electron chi connectivity index (χ1n) is 9.53. The van der Waals surface area contributed by atoms with E-state index in [0.29, 0.717) is 23.4 Å². The van der Waals surface area contributed by atoms with E-state index in [9.17, 15) is 14.4 Å². The zero-order valence-corrected chi connectivity index (χ0v) is 16.1. The second-order valence-corrected chi connectivity index (χ2v) is 6.77. The molecule has 0 aromatic heterocycles. The average molecular weight is 380 g/mol. The van der Waals surface area contributed by atoms with E-state index in [1.807, 2.05) is 0 Å². The minimum atomic E-state index is -0.919. The lowest BCUT2D eigenvalue weighted by Crippen LogP contribution is -2.45. The molecule has 0 fully saturated rings. The maximum atomic E-state index is 12.6. The van der Waals surface area contributed by atoms with Crippen LogP contribution in [0.3, 0.4) is 0 Å². The van der Waals surface area contributed by atoms with E-state index in [2.05, 4.69) is 12.2 Å². The van der Waals surface area contributed by atoms with Gasteiger partial charge in [-0.3, -0.25) is 19.3 Å². The molecule has 6 nitrogen and oxygen atoms in total. The summed E-state index contributed by atoms with van der Waals surface area (Å²) in [5.74, 6) is -0.577. The van der Waals surface area contributed by atoms with Crippen LogP contribution in [0, 0.1) is 0 Å². The monoisotopic (exact) mass is 380 g/mol. The lowest BCUT2D eigenvalue weighted by atomic mass is 10.1. The average Bonchev–Trinajstić information content (AvgIpc) is 2.96. The fourth-order valence-corrected chi connectivity index (χ4v) is 3.10. The quantitative estimate of drug-likeness (QED) is 0.557. The fraction of sp³-hybridized carbons (Fsp3) is 0.318. The van der Waals surface area contributed by atoms with Crippen molar-refractivity contribution in [2.75, 3.05) is 11.9 Å². The molecule has 1 aliphatic rings.